The molecule has 1 aliphatic rings. The second-order valence-electron chi connectivity index (χ2n) is 6.18. The van der Waals surface area contributed by atoms with Crippen molar-refractivity contribution in [1.29, 1.82) is 0 Å². The fourth-order valence-electron chi connectivity index (χ4n) is 2.99. The lowest BCUT2D eigenvalue weighted by Gasteiger charge is -2.07. The van der Waals surface area contributed by atoms with Crippen LogP contribution in [0.15, 0.2) is 35.4 Å². The third-order valence-electron chi connectivity index (χ3n) is 4.26. The maximum absolute atomic E-state index is 12.3. The van der Waals surface area contributed by atoms with Crippen LogP contribution in [0.3, 0.4) is 0 Å². The van der Waals surface area contributed by atoms with Crippen LogP contribution >= 0.6 is 11.3 Å². The van der Waals surface area contributed by atoms with E-state index in [0.29, 0.717) is 17.0 Å². The van der Waals surface area contributed by atoms with E-state index in [1.165, 1.54) is 17.6 Å². The van der Waals surface area contributed by atoms with Gasteiger partial charge in [-0.25, -0.2) is 10.2 Å². The number of ether oxygens (including phenoxy) is 1. The molecule has 1 aromatic heterocycles. The lowest BCUT2D eigenvalue weighted by Crippen LogP contribution is -2.32. The lowest BCUT2D eigenvalue weighted by molar-refractivity contribution is -0.136. The number of hydrogen-bond acceptors (Lipinski definition) is 6. The van der Waals surface area contributed by atoms with Gasteiger partial charge in [-0.1, -0.05) is 30.3 Å². The van der Waals surface area contributed by atoms with E-state index < -0.39 is 17.8 Å². The third-order valence-corrected chi connectivity index (χ3v) is 5.47. The van der Waals surface area contributed by atoms with Crippen molar-refractivity contribution >= 4 is 40.3 Å². The Balaban J connectivity index is 1.61. The molecule has 2 N–H and O–H groups in total. The highest BCUT2D eigenvalue weighted by molar-refractivity contribution is 7.17. The first-order chi connectivity index (χ1) is 13.6. The number of aryl methyl sites for hydroxylation is 1. The molecule has 0 saturated carbocycles. The number of hydrogen-bond donors (Lipinski definition) is 2. The molecule has 7 nitrogen and oxygen atoms in total. The van der Waals surface area contributed by atoms with Crippen molar-refractivity contribution in [2.24, 2.45) is 5.10 Å². The van der Waals surface area contributed by atoms with Gasteiger partial charge in [-0.2, -0.15) is 5.10 Å². The molecule has 0 radical (unpaired) electrons. The molecule has 1 heterocycles. The van der Waals surface area contributed by atoms with Crippen molar-refractivity contribution in [2.45, 2.75) is 32.6 Å². The Hall–Kier alpha value is -3.00. The van der Waals surface area contributed by atoms with Crippen molar-refractivity contribution in [1.82, 2.24) is 5.43 Å². The van der Waals surface area contributed by atoms with Gasteiger partial charge in [0.25, 0.3) is 0 Å². The number of hydrazone groups is 1. The molecule has 2 aromatic rings. The molecule has 0 atom stereocenters. The minimum absolute atomic E-state index is 0.244. The van der Waals surface area contributed by atoms with Crippen molar-refractivity contribution < 1.29 is 19.1 Å². The van der Waals surface area contributed by atoms with Gasteiger partial charge in [0.05, 0.1) is 12.2 Å². The molecule has 3 rings (SSSR count). The molecule has 146 valence electrons. The smallest absolute Gasteiger partial charge is 0.341 e. The summed E-state index contributed by atoms with van der Waals surface area (Å²) in [5.74, 6) is -2.24. The van der Waals surface area contributed by atoms with Gasteiger partial charge in [-0.05, 0) is 37.3 Å². The van der Waals surface area contributed by atoms with Crippen LogP contribution in [0.4, 0.5) is 5.00 Å². The molecular weight excluding hydrogens is 378 g/mol. The predicted octanol–water partition coefficient (Wildman–Crippen LogP) is 2.70. The number of carbonyl (C=O) groups is 3. The molecule has 0 bridgehead atoms. The summed E-state index contributed by atoms with van der Waals surface area (Å²) >= 11 is 1.32. The van der Waals surface area contributed by atoms with Crippen LogP contribution in [0, 0.1) is 0 Å². The number of carbonyl (C=O) groups excluding carboxylic acids is 3. The summed E-state index contributed by atoms with van der Waals surface area (Å²) in [7, 11) is 0. The van der Waals surface area contributed by atoms with Crippen molar-refractivity contribution in [3.05, 3.63) is 51.9 Å². The van der Waals surface area contributed by atoms with E-state index in [-0.39, 0.29) is 6.61 Å². The fourth-order valence-corrected chi connectivity index (χ4v) is 4.26. The summed E-state index contributed by atoms with van der Waals surface area (Å²) in [5, 5.41) is 6.68. The molecular formula is C20H21N3O4S. The summed E-state index contributed by atoms with van der Waals surface area (Å²) in [4.78, 5) is 37.5. The molecule has 0 saturated heterocycles. The largest absolute Gasteiger partial charge is 0.462 e. The number of nitrogens with one attached hydrogen (secondary N) is 2. The summed E-state index contributed by atoms with van der Waals surface area (Å²) in [6, 6.07) is 9.61. The van der Waals surface area contributed by atoms with Gasteiger partial charge in [0.1, 0.15) is 5.00 Å². The first-order valence-corrected chi connectivity index (χ1v) is 9.90. The van der Waals surface area contributed by atoms with Gasteiger partial charge in [0.15, 0.2) is 0 Å². The van der Waals surface area contributed by atoms with E-state index in [4.69, 9.17) is 4.74 Å². The summed E-state index contributed by atoms with van der Waals surface area (Å²) in [5.41, 5.74) is 4.53. The highest BCUT2D eigenvalue weighted by atomic mass is 32.1. The Kier molecular flexibility index (Phi) is 6.54. The highest BCUT2D eigenvalue weighted by Crippen LogP contribution is 2.39. The fraction of sp³-hybridized carbons (Fsp3) is 0.300. The molecule has 2 amide bonds. The quantitative estimate of drug-likeness (QED) is 0.338. The number of thiophene rings is 1. The minimum atomic E-state index is -0.896. The second kappa shape index (κ2) is 9.27. The standard InChI is InChI=1S/C20H21N3O4S/c1-2-27-20(26)16-14-9-6-10-15(14)28-19(16)22-17(24)18(25)23-21-12-11-13-7-4-3-5-8-13/h3-5,7-8,12H,2,6,9-11H2,1H3,(H,22,24)(H,23,25)/b21-12+. The molecule has 0 unspecified atom stereocenters. The molecule has 0 spiro atoms. The van der Waals surface area contributed by atoms with E-state index in [9.17, 15) is 14.4 Å². The number of amides is 2. The van der Waals surface area contributed by atoms with Crippen LogP contribution in [0.2, 0.25) is 0 Å². The van der Waals surface area contributed by atoms with Crippen molar-refractivity contribution in [3.63, 3.8) is 0 Å². The van der Waals surface area contributed by atoms with Crippen LogP contribution < -0.4 is 10.7 Å². The number of rotatable bonds is 6. The number of benzene rings is 1. The van der Waals surface area contributed by atoms with E-state index in [0.717, 1.165) is 35.3 Å². The summed E-state index contributed by atoms with van der Waals surface area (Å²) < 4.78 is 5.11. The first kappa shape index (κ1) is 19.8. The number of anilines is 1. The molecule has 0 fully saturated rings. The average Bonchev–Trinajstić information content (AvgIpc) is 3.26. The molecule has 0 aliphatic heterocycles. The topological polar surface area (TPSA) is 96.9 Å². The third kappa shape index (κ3) is 4.64. The normalized spacial score (nSPS) is 12.6. The Morgan fingerprint density at radius 3 is 2.71 bits per heavy atom. The van der Waals surface area contributed by atoms with E-state index in [2.05, 4.69) is 15.8 Å². The van der Waals surface area contributed by atoms with Gasteiger partial charge in [0.2, 0.25) is 0 Å². The van der Waals surface area contributed by atoms with Crippen molar-refractivity contribution in [3.8, 4) is 0 Å². The Morgan fingerprint density at radius 2 is 1.96 bits per heavy atom. The van der Waals surface area contributed by atoms with Gasteiger partial charge in [-0.15, -0.1) is 11.3 Å². The van der Waals surface area contributed by atoms with Crippen LogP contribution in [0.1, 0.15) is 39.7 Å². The monoisotopic (exact) mass is 399 g/mol. The van der Waals surface area contributed by atoms with Gasteiger partial charge in [-0.3, -0.25) is 9.59 Å². The van der Waals surface area contributed by atoms with Crippen LogP contribution in [-0.2, 0) is 33.6 Å². The zero-order valence-electron chi connectivity index (χ0n) is 15.5. The van der Waals surface area contributed by atoms with Crippen LogP contribution in [0.25, 0.3) is 0 Å². The molecule has 28 heavy (non-hydrogen) atoms. The molecule has 1 aliphatic carbocycles. The SMILES string of the molecule is CCOC(=O)c1c(NC(=O)C(=O)N/N=C/Cc2ccccc2)sc2c1CCC2. The number of nitrogens with zero attached hydrogens (tertiary/aromatic N) is 1. The zero-order valence-corrected chi connectivity index (χ0v) is 16.3. The predicted molar refractivity (Wildman–Crippen MR) is 108 cm³/mol. The lowest BCUT2D eigenvalue weighted by atomic mass is 10.1. The van der Waals surface area contributed by atoms with Crippen LogP contribution in [0.5, 0.6) is 0 Å². The number of esters is 1. The Bertz CT molecular complexity index is 906. The minimum Gasteiger partial charge on any atom is -0.462 e. The Morgan fingerprint density at radius 1 is 1.18 bits per heavy atom. The Labute approximate surface area is 166 Å². The average molecular weight is 399 g/mol. The first-order valence-electron chi connectivity index (χ1n) is 9.08. The summed E-state index contributed by atoms with van der Waals surface area (Å²) in [6.07, 6.45) is 4.65. The van der Waals surface area contributed by atoms with Gasteiger partial charge >= 0.3 is 17.8 Å². The maximum Gasteiger partial charge on any atom is 0.341 e. The van der Waals surface area contributed by atoms with Crippen molar-refractivity contribution in [2.75, 3.05) is 11.9 Å². The van der Waals surface area contributed by atoms with E-state index >= 15 is 0 Å². The van der Waals surface area contributed by atoms with Gasteiger partial charge in [0, 0.05) is 17.5 Å². The van der Waals surface area contributed by atoms with Gasteiger partial charge < -0.3 is 10.1 Å². The maximum atomic E-state index is 12.3. The summed E-state index contributed by atoms with van der Waals surface area (Å²) in [6.45, 7) is 1.97. The van der Waals surface area contributed by atoms with E-state index in [1.807, 2.05) is 30.3 Å². The molecule has 1 aromatic carbocycles. The number of fused-ring (bicyclic) bond motifs is 1. The van der Waals surface area contributed by atoms with Crippen LogP contribution in [-0.4, -0.2) is 30.6 Å². The molecule has 8 heteroatoms. The van der Waals surface area contributed by atoms with E-state index in [1.54, 1.807) is 6.92 Å². The highest BCUT2D eigenvalue weighted by Gasteiger charge is 2.29. The second-order valence-corrected chi connectivity index (χ2v) is 7.28. The zero-order chi connectivity index (χ0) is 19.9.